The van der Waals surface area contributed by atoms with Gasteiger partial charge in [-0.2, -0.15) is 11.3 Å². The largest absolute Gasteiger partial charge is 0.352 e. The highest BCUT2D eigenvalue weighted by Gasteiger charge is 2.06. The van der Waals surface area contributed by atoms with Crippen molar-refractivity contribution >= 4 is 40.6 Å². The summed E-state index contributed by atoms with van der Waals surface area (Å²) in [5.41, 5.74) is 6.82. The quantitative estimate of drug-likeness (QED) is 0.577. The highest BCUT2D eigenvalue weighted by molar-refractivity contribution is 7.08. The van der Waals surface area contributed by atoms with Gasteiger partial charge in [0.2, 0.25) is 5.91 Å². The average Bonchev–Trinajstić information content (AvgIpc) is 3.07. The van der Waals surface area contributed by atoms with Gasteiger partial charge in [0.25, 0.3) is 5.91 Å². The van der Waals surface area contributed by atoms with Crippen molar-refractivity contribution in [3.63, 3.8) is 0 Å². The van der Waals surface area contributed by atoms with Crippen molar-refractivity contribution in [1.29, 1.82) is 0 Å². The number of thiophene rings is 1. The molecule has 5 N–H and O–H groups in total. The molecule has 0 aliphatic heterocycles. The number of urea groups is 1. The summed E-state index contributed by atoms with van der Waals surface area (Å²) >= 11 is 1.46. The number of nitrogens with one attached hydrogen (secondary N) is 3. The first-order valence-electron chi connectivity index (χ1n) is 7.31. The lowest BCUT2D eigenvalue weighted by atomic mass is 10.2. The smallest absolute Gasteiger partial charge is 0.316 e. The Morgan fingerprint density at radius 3 is 2.25 bits per heavy atom. The van der Waals surface area contributed by atoms with Crippen molar-refractivity contribution in [2.45, 2.75) is 12.8 Å². The lowest BCUT2D eigenvalue weighted by Gasteiger charge is -2.07. The van der Waals surface area contributed by atoms with E-state index in [1.54, 1.807) is 35.7 Å². The van der Waals surface area contributed by atoms with Crippen LogP contribution in [0.15, 0.2) is 41.1 Å². The maximum Gasteiger partial charge on any atom is 0.316 e. The van der Waals surface area contributed by atoms with Crippen molar-refractivity contribution in [2.75, 3.05) is 17.2 Å². The van der Waals surface area contributed by atoms with Gasteiger partial charge >= 0.3 is 6.03 Å². The molecule has 0 saturated heterocycles. The molecular formula is C16H18N4O3S. The minimum Gasteiger partial charge on any atom is -0.352 e. The molecule has 126 valence electrons. The highest BCUT2D eigenvalue weighted by atomic mass is 32.1. The third-order valence-electron chi connectivity index (χ3n) is 3.09. The number of nitrogens with two attached hydrogens (primary N) is 1. The lowest BCUT2D eigenvalue weighted by molar-refractivity contribution is -0.116. The Hall–Kier alpha value is -2.87. The van der Waals surface area contributed by atoms with Gasteiger partial charge in [-0.05, 0) is 42.1 Å². The van der Waals surface area contributed by atoms with Crippen molar-refractivity contribution in [3.8, 4) is 0 Å². The lowest BCUT2D eigenvalue weighted by Crippen LogP contribution is -2.25. The van der Waals surface area contributed by atoms with Crippen LogP contribution in [0.1, 0.15) is 23.2 Å². The molecule has 2 aromatic rings. The zero-order chi connectivity index (χ0) is 17.4. The Kier molecular flexibility index (Phi) is 6.32. The zero-order valence-electron chi connectivity index (χ0n) is 12.9. The number of hydrogen-bond donors (Lipinski definition) is 4. The summed E-state index contributed by atoms with van der Waals surface area (Å²) in [6, 6.07) is 7.73. The van der Waals surface area contributed by atoms with Crippen LogP contribution in [0.25, 0.3) is 0 Å². The van der Waals surface area contributed by atoms with E-state index in [1.165, 1.54) is 11.3 Å². The van der Waals surface area contributed by atoms with Gasteiger partial charge in [-0.1, -0.05) is 0 Å². The molecule has 0 fully saturated rings. The van der Waals surface area contributed by atoms with Gasteiger partial charge in [0.15, 0.2) is 0 Å². The van der Waals surface area contributed by atoms with E-state index in [0.717, 1.165) is 0 Å². The predicted octanol–water partition coefficient (Wildman–Crippen LogP) is 2.39. The summed E-state index contributed by atoms with van der Waals surface area (Å²) in [7, 11) is 0. The van der Waals surface area contributed by atoms with E-state index in [9.17, 15) is 14.4 Å². The SMILES string of the molecule is NC(=O)Nc1ccc(NC(=O)CCCNC(=O)c2ccsc2)cc1. The third-order valence-corrected chi connectivity index (χ3v) is 3.77. The maximum atomic E-state index is 11.8. The van der Waals surface area contributed by atoms with Crippen LogP contribution in [-0.4, -0.2) is 24.4 Å². The number of carbonyl (C=O) groups excluding carboxylic acids is 3. The van der Waals surface area contributed by atoms with Gasteiger partial charge in [0, 0.05) is 35.3 Å². The second-order valence-corrected chi connectivity index (χ2v) is 5.77. The molecule has 1 heterocycles. The van der Waals surface area contributed by atoms with Gasteiger partial charge in [-0.15, -0.1) is 0 Å². The van der Waals surface area contributed by atoms with Gasteiger partial charge < -0.3 is 21.7 Å². The Bertz CT molecular complexity index is 699. The van der Waals surface area contributed by atoms with Crippen LogP contribution in [0, 0.1) is 0 Å². The second-order valence-electron chi connectivity index (χ2n) is 4.99. The van der Waals surface area contributed by atoms with Crippen LogP contribution in [0.4, 0.5) is 16.2 Å². The summed E-state index contributed by atoms with van der Waals surface area (Å²) in [6.45, 7) is 0.434. The fourth-order valence-corrected chi connectivity index (χ4v) is 2.59. The topological polar surface area (TPSA) is 113 Å². The summed E-state index contributed by atoms with van der Waals surface area (Å²) in [5.74, 6) is -0.274. The minimum absolute atomic E-state index is 0.130. The Balaban J connectivity index is 1.67. The zero-order valence-corrected chi connectivity index (χ0v) is 13.7. The molecule has 0 saturated carbocycles. The van der Waals surface area contributed by atoms with Crippen LogP contribution in [0.3, 0.4) is 0 Å². The first-order chi connectivity index (χ1) is 11.5. The van der Waals surface area contributed by atoms with E-state index in [0.29, 0.717) is 36.3 Å². The number of hydrogen-bond acceptors (Lipinski definition) is 4. The Labute approximate surface area is 143 Å². The fourth-order valence-electron chi connectivity index (χ4n) is 1.95. The number of benzene rings is 1. The van der Waals surface area contributed by atoms with E-state index >= 15 is 0 Å². The van der Waals surface area contributed by atoms with Crippen molar-refractivity contribution in [1.82, 2.24) is 5.32 Å². The molecule has 4 amide bonds. The molecule has 0 bridgehead atoms. The number of carbonyl (C=O) groups is 3. The molecular weight excluding hydrogens is 328 g/mol. The first kappa shape index (κ1) is 17.5. The summed E-state index contributed by atoms with van der Waals surface area (Å²) in [5, 5.41) is 11.6. The van der Waals surface area contributed by atoms with Gasteiger partial charge in [-0.25, -0.2) is 4.79 Å². The Morgan fingerprint density at radius 2 is 1.67 bits per heavy atom. The average molecular weight is 346 g/mol. The number of rotatable bonds is 7. The molecule has 0 radical (unpaired) electrons. The van der Waals surface area contributed by atoms with Crippen LogP contribution < -0.4 is 21.7 Å². The van der Waals surface area contributed by atoms with Crippen molar-refractivity contribution in [2.24, 2.45) is 5.73 Å². The molecule has 1 aromatic heterocycles. The summed E-state index contributed by atoms with van der Waals surface area (Å²) < 4.78 is 0. The summed E-state index contributed by atoms with van der Waals surface area (Å²) in [4.78, 5) is 34.3. The molecule has 1 aromatic carbocycles. The van der Waals surface area contributed by atoms with Gasteiger partial charge in [0.1, 0.15) is 0 Å². The van der Waals surface area contributed by atoms with E-state index in [4.69, 9.17) is 5.73 Å². The molecule has 0 unspecified atom stereocenters. The standard InChI is InChI=1S/C16H18N4O3S/c17-16(23)20-13-5-3-12(4-6-13)19-14(21)2-1-8-18-15(22)11-7-9-24-10-11/h3-7,9-10H,1-2,8H2,(H,18,22)(H,19,21)(H3,17,20,23). The van der Waals surface area contributed by atoms with Crippen LogP contribution in [-0.2, 0) is 4.79 Å². The van der Waals surface area contributed by atoms with Crippen molar-refractivity contribution in [3.05, 3.63) is 46.7 Å². The van der Waals surface area contributed by atoms with Crippen molar-refractivity contribution < 1.29 is 14.4 Å². The molecule has 8 heteroatoms. The molecule has 0 atom stereocenters. The number of primary amides is 1. The van der Waals surface area contributed by atoms with Gasteiger partial charge in [-0.3, -0.25) is 9.59 Å². The summed E-state index contributed by atoms with van der Waals surface area (Å²) in [6.07, 6.45) is 0.841. The minimum atomic E-state index is -0.642. The van der Waals surface area contributed by atoms with E-state index < -0.39 is 6.03 Å². The van der Waals surface area contributed by atoms with Gasteiger partial charge in [0.05, 0.1) is 0 Å². The van der Waals surface area contributed by atoms with E-state index in [-0.39, 0.29) is 11.8 Å². The van der Waals surface area contributed by atoms with E-state index in [1.807, 2.05) is 5.38 Å². The first-order valence-corrected chi connectivity index (χ1v) is 8.25. The third kappa shape index (κ3) is 5.73. The molecule has 2 rings (SSSR count). The monoisotopic (exact) mass is 346 g/mol. The second kappa shape index (κ2) is 8.68. The van der Waals surface area contributed by atoms with E-state index in [2.05, 4.69) is 16.0 Å². The van der Waals surface area contributed by atoms with Crippen LogP contribution in [0.2, 0.25) is 0 Å². The normalized spacial score (nSPS) is 10.0. The molecule has 0 aliphatic rings. The molecule has 24 heavy (non-hydrogen) atoms. The molecule has 0 aliphatic carbocycles. The maximum absolute atomic E-state index is 11.8. The predicted molar refractivity (Wildman–Crippen MR) is 94.2 cm³/mol. The fraction of sp³-hybridized carbons (Fsp3) is 0.188. The highest BCUT2D eigenvalue weighted by Crippen LogP contribution is 2.13. The number of amides is 4. The number of anilines is 2. The van der Waals surface area contributed by atoms with Crippen LogP contribution >= 0.6 is 11.3 Å². The molecule has 7 nitrogen and oxygen atoms in total. The Morgan fingerprint density at radius 1 is 1.00 bits per heavy atom. The molecule has 0 spiro atoms. The van der Waals surface area contributed by atoms with Crippen LogP contribution in [0.5, 0.6) is 0 Å².